The zero-order valence-electron chi connectivity index (χ0n) is 11.4. The van der Waals surface area contributed by atoms with Crippen LogP contribution in [0.4, 0.5) is 0 Å². The molecule has 0 saturated heterocycles. The molecule has 0 aliphatic heterocycles. The molecule has 2 aromatic rings. The molecule has 1 aliphatic rings. The third-order valence-electron chi connectivity index (χ3n) is 3.99. The van der Waals surface area contributed by atoms with Gasteiger partial charge in [0.25, 0.3) is 0 Å². The number of rotatable bonds is 6. The lowest BCUT2D eigenvalue weighted by atomic mass is 9.67. The summed E-state index contributed by atoms with van der Waals surface area (Å²) in [5.74, 6) is 2.05. The van der Waals surface area contributed by atoms with Crippen LogP contribution in [-0.4, -0.2) is 16.7 Å². The third-order valence-corrected chi connectivity index (χ3v) is 3.99. The van der Waals surface area contributed by atoms with Gasteiger partial charge >= 0.3 is 0 Å². The molecule has 0 bridgehead atoms. The Kier molecular flexibility index (Phi) is 3.69. The van der Waals surface area contributed by atoms with Crippen molar-refractivity contribution in [2.24, 2.45) is 11.1 Å². The molecule has 3 rings (SSSR count). The average Bonchev–Trinajstić information content (AvgIpc) is 2.89. The van der Waals surface area contributed by atoms with Crippen LogP contribution in [-0.2, 0) is 13.0 Å². The van der Waals surface area contributed by atoms with Gasteiger partial charge in [0.1, 0.15) is 5.75 Å². The van der Waals surface area contributed by atoms with E-state index < -0.39 is 0 Å². The molecule has 1 saturated carbocycles. The lowest BCUT2D eigenvalue weighted by molar-refractivity contribution is 0.129. The van der Waals surface area contributed by atoms with E-state index in [1.54, 1.807) is 0 Å². The van der Waals surface area contributed by atoms with E-state index in [2.05, 4.69) is 10.1 Å². The smallest absolute Gasteiger partial charge is 0.227 e. The molecular weight excluding hydrogens is 254 g/mol. The number of nitrogens with two attached hydrogens (primary N) is 1. The molecule has 2 N–H and O–H groups in total. The number of hydrogen-bond donors (Lipinski definition) is 1. The predicted octanol–water partition coefficient (Wildman–Crippen LogP) is 2.32. The Morgan fingerprint density at radius 2 is 2.05 bits per heavy atom. The van der Waals surface area contributed by atoms with Crippen LogP contribution in [0.25, 0.3) is 0 Å². The highest BCUT2D eigenvalue weighted by atomic mass is 16.5. The van der Waals surface area contributed by atoms with Gasteiger partial charge in [0.05, 0.1) is 0 Å². The van der Waals surface area contributed by atoms with E-state index in [9.17, 15) is 0 Å². The summed E-state index contributed by atoms with van der Waals surface area (Å²) in [6.07, 6.45) is 4.33. The number of hydrogen-bond acceptors (Lipinski definition) is 5. The largest absolute Gasteiger partial charge is 0.485 e. The van der Waals surface area contributed by atoms with Gasteiger partial charge in [-0.05, 0) is 36.9 Å². The van der Waals surface area contributed by atoms with Gasteiger partial charge in [0.15, 0.2) is 6.61 Å². The molecule has 1 aromatic heterocycles. The summed E-state index contributed by atoms with van der Waals surface area (Å²) < 4.78 is 10.9. The number of para-hydroxylation sites is 1. The highest BCUT2D eigenvalue weighted by Crippen LogP contribution is 2.42. The van der Waals surface area contributed by atoms with Crippen LogP contribution < -0.4 is 10.5 Å². The zero-order valence-corrected chi connectivity index (χ0v) is 11.4. The summed E-state index contributed by atoms with van der Waals surface area (Å²) in [5.41, 5.74) is 6.03. The Balaban J connectivity index is 1.57. The standard InChI is InChI=1S/C15H19N3O2/c16-11-15(7-4-8-15)9-14-17-13(18-20-14)10-19-12-5-2-1-3-6-12/h1-3,5-6H,4,7-11,16H2. The molecular formula is C15H19N3O2. The Labute approximate surface area is 118 Å². The average molecular weight is 273 g/mol. The first-order chi connectivity index (χ1) is 9.80. The summed E-state index contributed by atoms with van der Waals surface area (Å²) >= 11 is 0. The summed E-state index contributed by atoms with van der Waals surface area (Å²) in [4.78, 5) is 4.38. The molecule has 5 nitrogen and oxygen atoms in total. The fourth-order valence-electron chi connectivity index (χ4n) is 2.54. The van der Waals surface area contributed by atoms with E-state index in [0.717, 1.165) is 25.0 Å². The molecule has 1 aromatic carbocycles. The summed E-state index contributed by atoms with van der Waals surface area (Å²) in [6.45, 7) is 1.01. The topological polar surface area (TPSA) is 74.2 Å². The van der Waals surface area contributed by atoms with Gasteiger partial charge in [-0.25, -0.2) is 0 Å². The van der Waals surface area contributed by atoms with E-state index in [1.807, 2.05) is 30.3 Å². The van der Waals surface area contributed by atoms with Crippen molar-refractivity contribution in [3.63, 3.8) is 0 Å². The minimum Gasteiger partial charge on any atom is -0.485 e. The molecule has 0 amide bonds. The lowest BCUT2D eigenvalue weighted by Gasteiger charge is -2.39. The SMILES string of the molecule is NCC1(Cc2nc(COc3ccccc3)no2)CCC1. The second-order valence-electron chi connectivity index (χ2n) is 5.44. The Morgan fingerprint density at radius 3 is 2.70 bits per heavy atom. The molecule has 106 valence electrons. The normalized spacial score (nSPS) is 16.6. The van der Waals surface area contributed by atoms with Crippen LogP contribution in [0.15, 0.2) is 34.9 Å². The van der Waals surface area contributed by atoms with Crippen LogP contribution in [0.2, 0.25) is 0 Å². The first-order valence-corrected chi connectivity index (χ1v) is 6.99. The fraction of sp³-hybridized carbons (Fsp3) is 0.467. The maximum atomic E-state index is 5.84. The predicted molar refractivity (Wildman–Crippen MR) is 74.1 cm³/mol. The summed E-state index contributed by atoms with van der Waals surface area (Å²) in [5, 5.41) is 3.96. The first kappa shape index (κ1) is 13.1. The van der Waals surface area contributed by atoms with Crippen LogP contribution in [0, 0.1) is 5.41 Å². The molecule has 0 unspecified atom stereocenters. The zero-order chi connectivity index (χ0) is 13.8. The van der Waals surface area contributed by atoms with Crippen molar-refractivity contribution in [2.45, 2.75) is 32.3 Å². The van der Waals surface area contributed by atoms with Crippen molar-refractivity contribution >= 4 is 0 Å². The highest BCUT2D eigenvalue weighted by molar-refractivity contribution is 5.20. The maximum Gasteiger partial charge on any atom is 0.227 e. The minimum absolute atomic E-state index is 0.185. The van der Waals surface area contributed by atoms with Crippen molar-refractivity contribution < 1.29 is 9.26 Å². The number of nitrogens with zero attached hydrogens (tertiary/aromatic N) is 2. The molecule has 0 spiro atoms. The molecule has 1 heterocycles. The fourth-order valence-corrected chi connectivity index (χ4v) is 2.54. The van der Waals surface area contributed by atoms with Crippen molar-refractivity contribution in [1.82, 2.24) is 10.1 Å². The lowest BCUT2D eigenvalue weighted by Crippen LogP contribution is -2.39. The minimum atomic E-state index is 0.185. The van der Waals surface area contributed by atoms with E-state index in [4.69, 9.17) is 15.0 Å². The van der Waals surface area contributed by atoms with Gasteiger partial charge in [0.2, 0.25) is 11.7 Å². The third kappa shape index (κ3) is 2.82. The van der Waals surface area contributed by atoms with Crippen molar-refractivity contribution in [3.8, 4) is 5.75 Å². The van der Waals surface area contributed by atoms with Gasteiger partial charge in [0, 0.05) is 6.42 Å². The monoisotopic (exact) mass is 273 g/mol. The summed E-state index contributed by atoms with van der Waals surface area (Å²) in [7, 11) is 0. The Morgan fingerprint density at radius 1 is 1.25 bits per heavy atom. The highest BCUT2D eigenvalue weighted by Gasteiger charge is 2.37. The van der Waals surface area contributed by atoms with Crippen LogP contribution in [0.3, 0.4) is 0 Å². The van der Waals surface area contributed by atoms with Crippen LogP contribution in [0.5, 0.6) is 5.75 Å². The van der Waals surface area contributed by atoms with Gasteiger partial charge in [-0.2, -0.15) is 4.98 Å². The van der Waals surface area contributed by atoms with Crippen molar-refractivity contribution in [3.05, 3.63) is 42.0 Å². The van der Waals surface area contributed by atoms with E-state index in [0.29, 0.717) is 24.9 Å². The van der Waals surface area contributed by atoms with Gasteiger partial charge < -0.3 is 15.0 Å². The number of benzene rings is 1. The molecule has 1 fully saturated rings. The van der Waals surface area contributed by atoms with Crippen LogP contribution >= 0.6 is 0 Å². The second-order valence-corrected chi connectivity index (χ2v) is 5.44. The maximum absolute atomic E-state index is 5.84. The second kappa shape index (κ2) is 5.63. The molecule has 20 heavy (non-hydrogen) atoms. The molecule has 5 heteroatoms. The van der Waals surface area contributed by atoms with Gasteiger partial charge in [-0.3, -0.25) is 0 Å². The number of ether oxygens (including phenoxy) is 1. The Hall–Kier alpha value is -1.88. The summed E-state index contributed by atoms with van der Waals surface area (Å²) in [6, 6.07) is 9.61. The van der Waals surface area contributed by atoms with E-state index >= 15 is 0 Å². The number of aromatic nitrogens is 2. The van der Waals surface area contributed by atoms with E-state index in [1.165, 1.54) is 6.42 Å². The quantitative estimate of drug-likeness (QED) is 0.874. The molecule has 0 radical (unpaired) electrons. The Bertz CT molecular complexity index is 544. The molecule has 0 atom stereocenters. The van der Waals surface area contributed by atoms with Gasteiger partial charge in [-0.15, -0.1) is 0 Å². The van der Waals surface area contributed by atoms with Gasteiger partial charge in [-0.1, -0.05) is 29.8 Å². The van der Waals surface area contributed by atoms with Crippen LogP contribution in [0.1, 0.15) is 31.0 Å². The molecule has 1 aliphatic carbocycles. The van der Waals surface area contributed by atoms with Crippen molar-refractivity contribution in [2.75, 3.05) is 6.54 Å². The van der Waals surface area contributed by atoms with Crippen molar-refractivity contribution in [1.29, 1.82) is 0 Å². The van der Waals surface area contributed by atoms with E-state index in [-0.39, 0.29) is 5.41 Å². The first-order valence-electron chi connectivity index (χ1n) is 6.99.